The van der Waals surface area contributed by atoms with Crippen LogP contribution in [-0.4, -0.2) is 40.0 Å². The average molecular weight is 406 g/mol. The highest BCUT2D eigenvalue weighted by Crippen LogP contribution is 2.19. The second-order valence-electron chi connectivity index (χ2n) is 6.75. The Bertz CT molecular complexity index is 1010. The van der Waals surface area contributed by atoms with Crippen molar-refractivity contribution in [3.05, 3.63) is 56.0 Å². The molecule has 0 atom stereocenters. The molecule has 2 aromatic rings. The van der Waals surface area contributed by atoms with Crippen LogP contribution in [0.4, 0.5) is 10.2 Å². The summed E-state index contributed by atoms with van der Waals surface area (Å²) < 4.78 is 21.0. The van der Waals surface area contributed by atoms with Crippen molar-refractivity contribution < 1.29 is 13.9 Å². The summed E-state index contributed by atoms with van der Waals surface area (Å²) in [6.07, 6.45) is 0.625. The van der Waals surface area contributed by atoms with Crippen LogP contribution < -0.4 is 21.7 Å². The number of Topliss-reactive ketones (excluding diaryl/α,β-unsaturated/α-hetero) is 1. The number of halogens is 1. The van der Waals surface area contributed by atoms with Crippen molar-refractivity contribution in [2.75, 3.05) is 25.9 Å². The number of carbonyl (C=O) groups excluding carboxylic acids is 1. The van der Waals surface area contributed by atoms with Crippen LogP contribution in [0.2, 0.25) is 0 Å². The standard InChI is InChI=1S/C20H27FN4O4/c1-5-9-25-18(22)17(19(27)23(3)20(25)28)15(26)12-24(6-2)11-13-7-8-16(29-4)14(21)10-13/h7-8,10H,5-6,9,11-12,22H2,1-4H3. The third-order valence-electron chi connectivity index (χ3n) is 4.75. The number of methoxy groups -OCH3 is 1. The number of rotatable bonds is 9. The minimum atomic E-state index is -0.712. The van der Waals surface area contributed by atoms with Gasteiger partial charge in [-0.05, 0) is 30.7 Å². The molecule has 0 aliphatic rings. The summed E-state index contributed by atoms with van der Waals surface area (Å²) in [5.41, 5.74) is 5.22. The molecule has 0 bridgehead atoms. The monoisotopic (exact) mass is 406 g/mol. The zero-order valence-electron chi connectivity index (χ0n) is 17.2. The highest BCUT2D eigenvalue weighted by molar-refractivity contribution is 6.01. The van der Waals surface area contributed by atoms with Gasteiger partial charge in [0.1, 0.15) is 11.4 Å². The number of ether oxygens (including phenoxy) is 1. The lowest BCUT2D eigenvalue weighted by molar-refractivity contribution is 0.0927. The van der Waals surface area contributed by atoms with Gasteiger partial charge in [0.15, 0.2) is 17.3 Å². The van der Waals surface area contributed by atoms with E-state index in [1.54, 1.807) is 11.0 Å². The molecule has 8 nitrogen and oxygen atoms in total. The number of nitrogens with two attached hydrogens (primary N) is 1. The summed E-state index contributed by atoms with van der Waals surface area (Å²) in [6.45, 7) is 4.74. The quantitative estimate of drug-likeness (QED) is 0.632. The van der Waals surface area contributed by atoms with Crippen LogP contribution in [0, 0.1) is 5.82 Å². The molecule has 0 fully saturated rings. The number of nitrogen functional groups attached to an aromatic ring is 1. The van der Waals surface area contributed by atoms with E-state index in [1.165, 1.54) is 30.9 Å². The van der Waals surface area contributed by atoms with Gasteiger partial charge in [-0.15, -0.1) is 0 Å². The molecule has 1 aromatic carbocycles. The largest absolute Gasteiger partial charge is 0.494 e. The van der Waals surface area contributed by atoms with Crippen molar-refractivity contribution >= 4 is 11.6 Å². The van der Waals surface area contributed by atoms with Crippen LogP contribution in [0.1, 0.15) is 36.2 Å². The van der Waals surface area contributed by atoms with Gasteiger partial charge >= 0.3 is 5.69 Å². The maximum Gasteiger partial charge on any atom is 0.332 e. The van der Waals surface area contributed by atoms with Gasteiger partial charge in [0, 0.05) is 20.1 Å². The first-order valence-electron chi connectivity index (χ1n) is 9.42. The van der Waals surface area contributed by atoms with Gasteiger partial charge < -0.3 is 10.5 Å². The summed E-state index contributed by atoms with van der Waals surface area (Å²) in [5, 5.41) is 0. The summed E-state index contributed by atoms with van der Waals surface area (Å²) in [5.74, 6) is -0.945. The third kappa shape index (κ3) is 4.73. The fraction of sp³-hybridized carbons (Fsp3) is 0.450. The number of anilines is 1. The van der Waals surface area contributed by atoms with Crippen LogP contribution in [0.5, 0.6) is 5.75 Å². The average Bonchev–Trinajstić information content (AvgIpc) is 2.69. The van der Waals surface area contributed by atoms with Crippen molar-refractivity contribution in [1.29, 1.82) is 0 Å². The van der Waals surface area contributed by atoms with Crippen molar-refractivity contribution in [3.8, 4) is 5.75 Å². The van der Waals surface area contributed by atoms with Crippen LogP contribution >= 0.6 is 0 Å². The molecule has 2 rings (SSSR count). The van der Waals surface area contributed by atoms with E-state index in [9.17, 15) is 18.8 Å². The fourth-order valence-corrected chi connectivity index (χ4v) is 3.11. The number of carbonyl (C=O) groups is 1. The number of nitrogens with zero attached hydrogens (tertiary/aromatic N) is 3. The van der Waals surface area contributed by atoms with Crippen molar-refractivity contribution in [2.24, 2.45) is 7.05 Å². The van der Waals surface area contributed by atoms with Crippen LogP contribution in [0.25, 0.3) is 0 Å². The molecule has 1 heterocycles. The molecule has 0 spiro atoms. The zero-order valence-corrected chi connectivity index (χ0v) is 17.2. The zero-order chi connectivity index (χ0) is 21.7. The van der Waals surface area contributed by atoms with E-state index in [-0.39, 0.29) is 23.7 Å². The molecule has 0 amide bonds. The van der Waals surface area contributed by atoms with Gasteiger partial charge in [0.25, 0.3) is 5.56 Å². The highest BCUT2D eigenvalue weighted by Gasteiger charge is 2.23. The lowest BCUT2D eigenvalue weighted by atomic mass is 10.1. The first kappa shape index (κ1) is 22.4. The maximum atomic E-state index is 13.9. The van der Waals surface area contributed by atoms with E-state index in [2.05, 4.69) is 0 Å². The lowest BCUT2D eigenvalue weighted by Crippen LogP contribution is -2.44. The summed E-state index contributed by atoms with van der Waals surface area (Å²) in [4.78, 5) is 39.4. The molecule has 0 saturated carbocycles. The molecule has 158 valence electrons. The Hall–Kier alpha value is -2.94. The van der Waals surface area contributed by atoms with E-state index in [0.29, 0.717) is 31.6 Å². The Labute approximate surface area is 168 Å². The number of benzene rings is 1. The van der Waals surface area contributed by atoms with Gasteiger partial charge in [-0.1, -0.05) is 19.9 Å². The molecule has 0 aliphatic heterocycles. The van der Waals surface area contributed by atoms with Crippen LogP contribution in [-0.2, 0) is 20.1 Å². The Morgan fingerprint density at radius 3 is 2.52 bits per heavy atom. The van der Waals surface area contributed by atoms with Gasteiger partial charge in [0.2, 0.25) is 0 Å². The molecule has 2 N–H and O–H groups in total. The van der Waals surface area contributed by atoms with Crippen molar-refractivity contribution in [2.45, 2.75) is 33.4 Å². The molecule has 1 aromatic heterocycles. The summed E-state index contributed by atoms with van der Waals surface area (Å²) in [6, 6.07) is 4.58. The normalized spacial score (nSPS) is 11.1. The molecule has 0 unspecified atom stereocenters. The smallest absolute Gasteiger partial charge is 0.332 e. The van der Waals surface area contributed by atoms with E-state index in [1.807, 2.05) is 13.8 Å². The third-order valence-corrected chi connectivity index (χ3v) is 4.75. The molecule has 0 saturated heterocycles. The minimum absolute atomic E-state index is 0.0894. The van der Waals surface area contributed by atoms with E-state index in [0.717, 1.165) is 4.57 Å². The first-order valence-corrected chi connectivity index (χ1v) is 9.42. The second-order valence-corrected chi connectivity index (χ2v) is 6.75. The van der Waals surface area contributed by atoms with Gasteiger partial charge in [-0.25, -0.2) is 9.18 Å². The number of ketones is 1. The Kier molecular flexibility index (Phi) is 7.33. The molecule has 0 aliphatic carbocycles. The Morgan fingerprint density at radius 2 is 1.97 bits per heavy atom. The van der Waals surface area contributed by atoms with E-state index >= 15 is 0 Å². The second kappa shape index (κ2) is 9.51. The molecular weight excluding hydrogens is 379 g/mol. The van der Waals surface area contributed by atoms with Gasteiger partial charge in [-0.3, -0.25) is 23.6 Å². The number of likely N-dealkylation sites (N-methyl/N-ethyl adjacent to an activating group) is 1. The molecule has 9 heteroatoms. The predicted molar refractivity (Wildman–Crippen MR) is 109 cm³/mol. The lowest BCUT2D eigenvalue weighted by Gasteiger charge is -2.21. The Balaban J connectivity index is 2.31. The summed E-state index contributed by atoms with van der Waals surface area (Å²) in [7, 11) is 2.71. The van der Waals surface area contributed by atoms with Gasteiger partial charge in [-0.2, -0.15) is 0 Å². The highest BCUT2D eigenvalue weighted by atomic mass is 19.1. The predicted octanol–water partition coefficient (Wildman–Crippen LogP) is 1.39. The van der Waals surface area contributed by atoms with Gasteiger partial charge in [0.05, 0.1) is 13.7 Å². The van der Waals surface area contributed by atoms with Crippen LogP contribution in [0.15, 0.2) is 27.8 Å². The maximum absolute atomic E-state index is 13.9. The van der Waals surface area contributed by atoms with Crippen LogP contribution in [0.3, 0.4) is 0 Å². The molecular formula is C20H27FN4O4. The topological polar surface area (TPSA) is 99.6 Å². The van der Waals surface area contributed by atoms with E-state index in [4.69, 9.17) is 10.5 Å². The van der Waals surface area contributed by atoms with Crippen molar-refractivity contribution in [3.63, 3.8) is 0 Å². The first-order chi connectivity index (χ1) is 13.7. The fourth-order valence-electron chi connectivity index (χ4n) is 3.11. The molecule has 0 radical (unpaired) electrons. The SMILES string of the molecule is CCCn1c(N)c(C(=O)CN(CC)Cc2ccc(OC)c(F)c2)c(=O)n(C)c1=O. The van der Waals surface area contributed by atoms with E-state index < -0.39 is 22.8 Å². The van der Waals surface area contributed by atoms with Crippen molar-refractivity contribution in [1.82, 2.24) is 14.0 Å². The number of aromatic nitrogens is 2. The summed E-state index contributed by atoms with van der Waals surface area (Å²) >= 11 is 0. The minimum Gasteiger partial charge on any atom is -0.494 e. The Morgan fingerprint density at radius 1 is 1.28 bits per heavy atom. The molecule has 29 heavy (non-hydrogen) atoms. The number of hydrogen-bond acceptors (Lipinski definition) is 6. The number of hydrogen-bond donors (Lipinski definition) is 1.